The molecule has 1 aliphatic heterocycles. The van der Waals surface area contributed by atoms with Crippen LogP contribution in [-0.2, 0) is 9.53 Å². The maximum Gasteiger partial charge on any atom is 0.227 e. The molecule has 1 amide bonds. The monoisotopic (exact) mass is 271 g/mol. The van der Waals surface area contributed by atoms with E-state index in [2.05, 4.69) is 24.1 Å². The number of hydrogen-bond donors (Lipinski definition) is 2. The minimum absolute atomic E-state index is 0.109. The molecule has 112 valence electrons. The Bertz CT molecular complexity index is 261. The molecule has 1 fully saturated rings. The van der Waals surface area contributed by atoms with E-state index in [-0.39, 0.29) is 5.91 Å². The summed E-state index contributed by atoms with van der Waals surface area (Å²) in [6, 6.07) is 0. The Morgan fingerprint density at radius 3 is 2.47 bits per heavy atom. The zero-order valence-corrected chi connectivity index (χ0v) is 12.4. The van der Waals surface area contributed by atoms with Crippen LogP contribution in [0.5, 0.6) is 0 Å². The maximum atomic E-state index is 12.3. The lowest BCUT2D eigenvalue weighted by atomic mass is 9.79. The van der Waals surface area contributed by atoms with Crippen molar-refractivity contribution < 1.29 is 9.53 Å². The first-order valence-electron chi connectivity index (χ1n) is 7.47. The molecule has 0 aromatic carbocycles. The van der Waals surface area contributed by atoms with E-state index in [9.17, 15) is 4.79 Å². The fourth-order valence-corrected chi connectivity index (χ4v) is 2.52. The van der Waals surface area contributed by atoms with Crippen molar-refractivity contribution in [3.63, 3.8) is 0 Å². The van der Waals surface area contributed by atoms with Gasteiger partial charge >= 0.3 is 0 Å². The number of amides is 1. The van der Waals surface area contributed by atoms with E-state index in [1.165, 1.54) is 0 Å². The molecule has 5 heteroatoms. The van der Waals surface area contributed by atoms with Gasteiger partial charge in [0.05, 0.1) is 5.41 Å². The van der Waals surface area contributed by atoms with E-state index in [1.54, 1.807) is 0 Å². The molecule has 19 heavy (non-hydrogen) atoms. The summed E-state index contributed by atoms with van der Waals surface area (Å²) in [5.41, 5.74) is 5.41. The third-order valence-electron chi connectivity index (χ3n) is 4.15. The lowest BCUT2D eigenvalue weighted by Crippen LogP contribution is -2.49. The topological polar surface area (TPSA) is 67.6 Å². The standard InChI is InChI=1S/C14H29N3O2/c1-3-17(4-2)9-5-8-16-13(18)14(12-15)6-10-19-11-7-14/h3-12,15H2,1-2H3,(H,16,18). The van der Waals surface area contributed by atoms with Gasteiger partial charge < -0.3 is 20.7 Å². The number of carbonyl (C=O) groups is 1. The van der Waals surface area contributed by atoms with Gasteiger partial charge in [-0.2, -0.15) is 0 Å². The van der Waals surface area contributed by atoms with Crippen molar-refractivity contribution in [2.24, 2.45) is 11.1 Å². The Morgan fingerprint density at radius 1 is 1.32 bits per heavy atom. The van der Waals surface area contributed by atoms with Gasteiger partial charge in [0, 0.05) is 26.3 Å². The largest absolute Gasteiger partial charge is 0.381 e. The van der Waals surface area contributed by atoms with Gasteiger partial charge in [0.25, 0.3) is 0 Å². The molecule has 1 heterocycles. The van der Waals surface area contributed by atoms with Gasteiger partial charge in [-0.05, 0) is 38.9 Å². The molecule has 0 bridgehead atoms. The summed E-state index contributed by atoms with van der Waals surface area (Å²) >= 11 is 0. The summed E-state index contributed by atoms with van der Waals surface area (Å²) in [4.78, 5) is 14.6. The van der Waals surface area contributed by atoms with E-state index in [0.717, 1.165) is 45.4 Å². The van der Waals surface area contributed by atoms with Crippen LogP contribution < -0.4 is 11.1 Å². The number of nitrogens with one attached hydrogen (secondary N) is 1. The smallest absolute Gasteiger partial charge is 0.227 e. The molecule has 0 unspecified atom stereocenters. The van der Waals surface area contributed by atoms with E-state index in [1.807, 2.05) is 0 Å². The van der Waals surface area contributed by atoms with Crippen LogP contribution in [0.15, 0.2) is 0 Å². The normalized spacial score (nSPS) is 18.5. The van der Waals surface area contributed by atoms with E-state index in [0.29, 0.717) is 19.8 Å². The fraction of sp³-hybridized carbons (Fsp3) is 0.929. The molecule has 0 spiro atoms. The molecule has 0 atom stereocenters. The number of carbonyl (C=O) groups excluding carboxylic acids is 1. The number of rotatable bonds is 8. The average molecular weight is 271 g/mol. The van der Waals surface area contributed by atoms with Gasteiger partial charge in [0.2, 0.25) is 5.91 Å². The summed E-state index contributed by atoms with van der Waals surface area (Å²) in [6.07, 6.45) is 2.47. The highest BCUT2D eigenvalue weighted by atomic mass is 16.5. The second-order valence-electron chi connectivity index (χ2n) is 5.23. The van der Waals surface area contributed by atoms with Crippen molar-refractivity contribution in [2.75, 3.05) is 45.9 Å². The second-order valence-corrected chi connectivity index (χ2v) is 5.23. The van der Waals surface area contributed by atoms with Gasteiger partial charge in [-0.25, -0.2) is 0 Å². The molecule has 0 aromatic rings. The van der Waals surface area contributed by atoms with Gasteiger partial charge in [0.15, 0.2) is 0 Å². The maximum absolute atomic E-state index is 12.3. The predicted octanol–water partition coefficient (Wildman–Crippen LogP) is 0.590. The third-order valence-corrected chi connectivity index (χ3v) is 4.15. The summed E-state index contributed by atoms with van der Waals surface area (Å²) in [5, 5.41) is 3.05. The van der Waals surface area contributed by atoms with Crippen molar-refractivity contribution in [1.82, 2.24) is 10.2 Å². The minimum Gasteiger partial charge on any atom is -0.381 e. The Morgan fingerprint density at radius 2 is 1.95 bits per heavy atom. The molecule has 0 radical (unpaired) electrons. The Kier molecular flexibility index (Phi) is 7.34. The highest BCUT2D eigenvalue weighted by molar-refractivity contribution is 5.83. The van der Waals surface area contributed by atoms with Gasteiger partial charge in [-0.3, -0.25) is 4.79 Å². The number of ether oxygens (including phenoxy) is 1. The summed E-state index contributed by atoms with van der Waals surface area (Å²) in [5.74, 6) is 0.109. The zero-order valence-electron chi connectivity index (χ0n) is 12.4. The molecular formula is C14H29N3O2. The van der Waals surface area contributed by atoms with E-state index in [4.69, 9.17) is 10.5 Å². The Balaban J connectivity index is 2.29. The van der Waals surface area contributed by atoms with Crippen molar-refractivity contribution >= 4 is 5.91 Å². The van der Waals surface area contributed by atoms with Crippen LogP contribution >= 0.6 is 0 Å². The highest BCUT2D eigenvalue weighted by Crippen LogP contribution is 2.29. The quantitative estimate of drug-likeness (QED) is 0.634. The molecule has 0 aromatic heterocycles. The third kappa shape index (κ3) is 4.75. The van der Waals surface area contributed by atoms with Crippen molar-refractivity contribution in [2.45, 2.75) is 33.1 Å². The number of nitrogens with two attached hydrogens (primary N) is 1. The number of nitrogens with zero attached hydrogens (tertiary/aromatic N) is 1. The van der Waals surface area contributed by atoms with Crippen LogP contribution in [0.2, 0.25) is 0 Å². The second kappa shape index (κ2) is 8.51. The van der Waals surface area contributed by atoms with Crippen LogP contribution in [0.4, 0.5) is 0 Å². The van der Waals surface area contributed by atoms with E-state index < -0.39 is 5.41 Å². The molecular weight excluding hydrogens is 242 g/mol. The molecule has 3 N–H and O–H groups in total. The Hall–Kier alpha value is -0.650. The fourth-order valence-electron chi connectivity index (χ4n) is 2.52. The van der Waals surface area contributed by atoms with Crippen LogP contribution in [0.3, 0.4) is 0 Å². The first kappa shape index (κ1) is 16.4. The molecule has 1 aliphatic rings. The van der Waals surface area contributed by atoms with Crippen LogP contribution in [-0.4, -0.2) is 56.7 Å². The van der Waals surface area contributed by atoms with Crippen LogP contribution in [0, 0.1) is 5.41 Å². The molecule has 0 aliphatic carbocycles. The van der Waals surface area contributed by atoms with Gasteiger partial charge in [0.1, 0.15) is 0 Å². The summed E-state index contributed by atoms with van der Waals surface area (Å²) in [7, 11) is 0. The molecule has 5 nitrogen and oxygen atoms in total. The predicted molar refractivity (Wildman–Crippen MR) is 77.0 cm³/mol. The zero-order chi connectivity index (χ0) is 14.1. The summed E-state index contributed by atoms with van der Waals surface area (Å²) < 4.78 is 5.32. The van der Waals surface area contributed by atoms with Gasteiger partial charge in [-0.1, -0.05) is 13.8 Å². The van der Waals surface area contributed by atoms with Crippen molar-refractivity contribution in [1.29, 1.82) is 0 Å². The first-order valence-corrected chi connectivity index (χ1v) is 7.47. The van der Waals surface area contributed by atoms with Crippen LogP contribution in [0.1, 0.15) is 33.1 Å². The van der Waals surface area contributed by atoms with Crippen LogP contribution in [0.25, 0.3) is 0 Å². The SMILES string of the molecule is CCN(CC)CCCNC(=O)C1(CN)CCOCC1. The van der Waals surface area contributed by atoms with Crippen molar-refractivity contribution in [3.8, 4) is 0 Å². The molecule has 0 saturated carbocycles. The van der Waals surface area contributed by atoms with Gasteiger partial charge in [-0.15, -0.1) is 0 Å². The first-order chi connectivity index (χ1) is 9.18. The lowest BCUT2D eigenvalue weighted by Gasteiger charge is -2.34. The minimum atomic E-state index is -0.395. The highest BCUT2D eigenvalue weighted by Gasteiger charge is 2.38. The molecule has 1 saturated heterocycles. The van der Waals surface area contributed by atoms with E-state index >= 15 is 0 Å². The summed E-state index contributed by atoms with van der Waals surface area (Å²) in [6.45, 7) is 9.92. The van der Waals surface area contributed by atoms with Crippen molar-refractivity contribution in [3.05, 3.63) is 0 Å². The Labute approximate surface area is 116 Å². The average Bonchev–Trinajstić information content (AvgIpc) is 2.47. The number of hydrogen-bond acceptors (Lipinski definition) is 4. The lowest BCUT2D eigenvalue weighted by molar-refractivity contribution is -0.135. The molecule has 1 rings (SSSR count).